The van der Waals surface area contributed by atoms with E-state index in [4.69, 9.17) is 14.8 Å². The number of nitrogens with zero attached hydrogens (tertiary/aromatic N) is 2. The van der Waals surface area contributed by atoms with Crippen LogP contribution in [-0.2, 0) is 9.59 Å². The van der Waals surface area contributed by atoms with Gasteiger partial charge in [-0.15, -0.1) is 0 Å². The predicted molar refractivity (Wildman–Crippen MR) is 128 cm³/mol. The third-order valence-corrected chi connectivity index (χ3v) is 5.14. The molecule has 7 heteroatoms. The van der Waals surface area contributed by atoms with E-state index in [9.17, 15) is 9.59 Å². The molecule has 33 heavy (non-hydrogen) atoms. The number of anilines is 1. The number of fused-ring (bicyclic) bond motifs is 1. The van der Waals surface area contributed by atoms with Gasteiger partial charge in [0.25, 0.3) is 0 Å². The van der Waals surface area contributed by atoms with Crippen molar-refractivity contribution in [1.82, 2.24) is 9.55 Å². The Labute approximate surface area is 191 Å². The van der Waals surface area contributed by atoms with E-state index < -0.39 is 5.97 Å². The van der Waals surface area contributed by atoms with Gasteiger partial charge in [0.1, 0.15) is 11.6 Å². The van der Waals surface area contributed by atoms with Crippen LogP contribution in [0.2, 0.25) is 0 Å². The van der Waals surface area contributed by atoms with Crippen LogP contribution in [-0.4, -0.2) is 33.1 Å². The fourth-order valence-corrected chi connectivity index (χ4v) is 3.68. The number of carboxylic acid groups (broad SMARTS) is 1. The van der Waals surface area contributed by atoms with Gasteiger partial charge in [0.05, 0.1) is 17.6 Å². The maximum atomic E-state index is 11.6. The standard InChI is InChI=1S/C26H25N3O4/c1-18(30)27-20-10-7-11-21(16-20)29-24-17-22(33-15-6-5-12-25(31)32)13-14-23(24)28-26(29)19-8-3-2-4-9-19/h2-4,7-11,13-14,16-17H,5-6,12,15H2,1H3,(H,27,30)(H,31,32). The molecule has 1 aromatic heterocycles. The molecule has 0 aliphatic carbocycles. The molecular weight excluding hydrogens is 418 g/mol. The number of carbonyl (C=O) groups is 2. The average Bonchev–Trinajstić information content (AvgIpc) is 3.18. The number of aliphatic carboxylic acids is 1. The smallest absolute Gasteiger partial charge is 0.303 e. The molecule has 0 radical (unpaired) electrons. The second-order valence-electron chi connectivity index (χ2n) is 7.72. The third kappa shape index (κ3) is 5.38. The molecule has 0 fully saturated rings. The maximum absolute atomic E-state index is 11.6. The average molecular weight is 444 g/mol. The molecule has 0 atom stereocenters. The first-order valence-corrected chi connectivity index (χ1v) is 10.8. The van der Waals surface area contributed by atoms with Crippen molar-refractivity contribution in [3.05, 3.63) is 72.8 Å². The van der Waals surface area contributed by atoms with E-state index in [0.717, 1.165) is 28.1 Å². The lowest BCUT2D eigenvalue weighted by molar-refractivity contribution is -0.137. The molecule has 3 aromatic carbocycles. The summed E-state index contributed by atoms with van der Waals surface area (Å²) < 4.78 is 7.94. The quantitative estimate of drug-likeness (QED) is 0.343. The fraction of sp³-hybridized carbons (Fsp3) is 0.192. The largest absolute Gasteiger partial charge is 0.494 e. The highest BCUT2D eigenvalue weighted by Gasteiger charge is 2.15. The first-order valence-electron chi connectivity index (χ1n) is 10.8. The molecule has 0 aliphatic heterocycles. The van der Waals surface area contributed by atoms with Gasteiger partial charge in [0.15, 0.2) is 0 Å². The van der Waals surface area contributed by atoms with Gasteiger partial charge in [-0.2, -0.15) is 0 Å². The van der Waals surface area contributed by atoms with Crippen LogP contribution in [0.25, 0.3) is 28.1 Å². The summed E-state index contributed by atoms with van der Waals surface area (Å²) in [4.78, 5) is 27.1. The van der Waals surface area contributed by atoms with Crippen LogP contribution in [0.4, 0.5) is 5.69 Å². The van der Waals surface area contributed by atoms with Crippen molar-refractivity contribution in [2.75, 3.05) is 11.9 Å². The van der Waals surface area contributed by atoms with Gasteiger partial charge < -0.3 is 15.2 Å². The zero-order chi connectivity index (χ0) is 23.2. The molecule has 1 heterocycles. The van der Waals surface area contributed by atoms with Crippen molar-refractivity contribution in [2.24, 2.45) is 0 Å². The predicted octanol–water partition coefficient (Wildman–Crippen LogP) is 5.28. The molecule has 4 aromatic rings. The van der Waals surface area contributed by atoms with Crippen molar-refractivity contribution in [1.29, 1.82) is 0 Å². The van der Waals surface area contributed by atoms with E-state index in [1.807, 2.05) is 77.4 Å². The van der Waals surface area contributed by atoms with Crippen LogP contribution in [0.3, 0.4) is 0 Å². The summed E-state index contributed by atoms with van der Waals surface area (Å²) in [6.45, 7) is 1.92. The summed E-state index contributed by atoms with van der Waals surface area (Å²) in [5.41, 5.74) is 4.22. The molecule has 0 bridgehead atoms. The molecule has 0 spiro atoms. The minimum absolute atomic E-state index is 0.135. The van der Waals surface area contributed by atoms with E-state index in [2.05, 4.69) is 5.32 Å². The van der Waals surface area contributed by atoms with Gasteiger partial charge in [-0.3, -0.25) is 14.2 Å². The van der Waals surface area contributed by atoms with Crippen molar-refractivity contribution < 1.29 is 19.4 Å². The van der Waals surface area contributed by atoms with E-state index in [-0.39, 0.29) is 12.3 Å². The SMILES string of the molecule is CC(=O)Nc1cccc(-n2c(-c3ccccc3)nc3ccc(OCCCCC(=O)O)cc32)c1. The monoisotopic (exact) mass is 443 g/mol. The Hall–Kier alpha value is -4.13. The summed E-state index contributed by atoms with van der Waals surface area (Å²) >= 11 is 0. The minimum atomic E-state index is -0.796. The molecule has 2 N–H and O–H groups in total. The molecule has 0 saturated heterocycles. The summed E-state index contributed by atoms with van der Waals surface area (Å²) in [7, 11) is 0. The summed E-state index contributed by atoms with van der Waals surface area (Å²) in [6, 6.07) is 23.3. The first kappa shape index (κ1) is 22.1. The van der Waals surface area contributed by atoms with E-state index in [1.54, 1.807) is 0 Å². The number of carbonyl (C=O) groups excluding carboxylic acids is 1. The summed E-state index contributed by atoms with van der Waals surface area (Å²) in [6.07, 6.45) is 1.38. The topological polar surface area (TPSA) is 93.5 Å². The number of unbranched alkanes of at least 4 members (excludes halogenated alkanes) is 1. The number of benzene rings is 3. The number of aromatic nitrogens is 2. The number of rotatable bonds is 9. The van der Waals surface area contributed by atoms with Gasteiger partial charge in [-0.05, 0) is 43.2 Å². The van der Waals surface area contributed by atoms with Gasteiger partial charge in [0.2, 0.25) is 5.91 Å². The highest BCUT2D eigenvalue weighted by molar-refractivity contribution is 5.89. The second kappa shape index (κ2) is 9.99. The Kier molecular flexibility index (Phi) is 6.69. The lowest BCUT2D eigenvalue weighted by Crippen LogP contribution is -2.06. The van der Waals surface area contributed by atoms with Crippen molar-refractivity contribution in [3.63, 3.8) is 0 Å². The molecule has 0 aliphatic rings. The minimum Gasteiger partial charge on any atom is -0.494 e. The van der Waals surface area contributed by atoms with Crippen LogP contribution in [0.15, 0.2) is 72.8 Å². The number of amides is 1. The highest BCUT2D eigenvalue weighted by Crippen LogP contribution is 2.31. The number of nitrogens with one attached hydrogen (secondary N) is 1. The lowest BCUT2D eigenvalue weighted by Gasteiger charge is -2.12. The lowest BCUT2D eigenvalue weighted by atomic mass is 10.2. The van der Waals surface area contributed by atoms with E-state index >= 15 is 0 Å². The molecular formula is C26H25N3O4. The van der Waals surface area contributed by atoms with Crippen LogP contribution < -0.4 is 10.1 Å². The number of carboxylic acids is 1. The maximum Gasteiger partial charge on any atom is 0.303 e. The third-order valence-electron chi connectivity index (χ3n) is 5.14. The summed E-state index contributed by atoms with van der Waals surface area (Å²) in [5.74, 6) is 0.542. The Morgan fingerprint density at radius 3 is 2.58 bits per heavy atom. The van der Waals surface area contributed by atoms with Gasteiger partial charge >= 0.3 is 5.97 Å². The first-order chi connectivity index (χ1) is 16.0. The Balaban J connectivity index is 1.73. The van der Waals surface area contributed by atoms with Crippen molar-refractivity contribution >= 4 is 28.6 Å². The van der Waals surface area contributed by atoms with Gasteiger partial charge in [-0.1, -0.05) is 36.4 Å². The Morgan fingerprint density at radius 1 is 1.00 bits per heavy atom. The zero-order valence-corrected chi connectivity index (χ0v) is 18.3. The molecule has 7 nitrogen and oxygen atoms in total. The Bertz CT molecular complexity index is 1280. The second-order valence-corrected chi connectivity index (χ2v) is 7.72. The van der Waals surface area contributed by atoms with E-state index in [1.165, 1.54) is 6.92 Å². The number of imidazole rings is 1. The van der Waals surface area contributed by atoms with Crippen LogP contribution in [0, 0.1) is 0 Å². The van der Waals surface area contributed by atoms with Gasteiger partial charge in [0, 0.05) is 36.3 Å². The molecule has 0 saturated carbocycles. The molecule has 1 amide bonds. The number of hydrogen-bond acceptors (Lipinski definition) is 4. The van der Waals surface area contributed by atoms with E-state index in [0.29, 0.717) is 30.9 Å². The fourth-order valence-electron chi connectivity index (χ4n) is 3.68. The summed E-state index contributed by atoms with van der Waals surface area (Å²) in [5, 5.41) is 11.6. The van der Waals surface area contributed by atoms with Crippen LogP contribution in [0.1, 0.15) is 26.2 Å². The number of ether oxygens (including phenoxy) is 1. The molecule has 168 valence electrons. The normalized spacial score (nSPS) is 10.8. The zero-order valence-electron chi connectivity index (χ0n) is 18.3. The van der Waals surface area contributed by atoms with Crippen LogP contribution >= 0.6 is 0 Å². The van der Waals surface area contributed by atoms with Crippen LogP contribution in [0.5, 0.6) is 5.75 Å². The highest BCUT2D eigenvalue weighted by atomic mass is 16.5. The Morgan fingerprint density at radius 2 is 1.82 bits per heavy atom. The van der Waals surface area contributed by atoms with Crippen molar-refractivity contribution in [3.8, 4) is 22.8 Å². The molecule has 4 rings (SSSR count). The van der Waals surface area contributed by atoms with Gasteiger partial charge in [-0.25, -0.2) is 4.98 Å². The molecule has 0 unspecified atom stereocenters. The van der Waals surface area contributed by atoms with Crippen molar-refractivity contribution in [2.45, 2.75) is 26.2 Å². The number of hydrogen-bond donors (Lipinski definition) is 2.